The van der Waals surface area contributed by atoms with Crippen molar-refractivity contribution in [3.63, 3.8) is 0 Å². The van der Waals surface area contributed by atoms with Crippen LogP contribution in [0.3, 0.4) is 0 Å². The average Bonchev–Trinajstić information content (AvgIpc) is 3.01. The molecule has 1 N–H and O–H groups in total. The van der Waals surface area contributed by atoms with Crippen LogP contribution in [0.4, 0.5) is 11.4 Å². The van der Waals surface area contributed by atoms with E-state index in [2.05, 4.69) is 4.90 Å². The minimum Gasteiger partial charge on any atom is -1.00 e. The summed E-state index contributed by atoms with van der Waals surface area (Å²) >= 11 is 7.71. The van der Waals surface area contributed by atoms with Gasteiger partial charge in [-0.3, -0.25) is 10.1 Å². The third-order valence-corrected chi connectivity index (χ3v) is 6.11. The monoisotopic (exact) mass is 453 g/mol. The van der Waals surface area contributed by atoms with Crippen molar-refractivity contribution in [3.05, 3.63) is 68.5 Å². The number of quaternary nitrogens is 1. The largest absolute Gasteiger partial charge is 1.00 e. The lowest BCUT2D eigenvalue weighted by molar-refractivity contribution is -0.741. The van der Waals surface area contributed by atoms with Gasteiger partial charge in [-0.05, 0) is 32.3 Å². The predicted molar refractivity (Wildman–Crippen MR) is 113 cm³/mol. The topological polar surface area (TPSA) is 67.9 Å². The van der Waals surface area contributed by atoms with Gasteiger partial charge in [-0.15, -0.1) is 11.3 Å². The first kappa shape index (κ1) is 23.3. The van der Waals surface area contributed by atoms with Gasteiger partial charge in [0.15, 0.2) is 4.88 Å². The highest BCUT2D eigenvalue weighted by Crippen LogP contribution is 2.37. The van der Waals surface area contributed by atoms with E-state index in [1.807, 2.05) is 44.4 Å². The summed E-state index contributed by atoms with van der Waals surface area (Å²) in [5, 5.41) is 12.1. The first-order valence-corrected chi connectivity index (χ1v) is 10.0. The van der Waals surface area contributed by atoms with Crippen LogP contribution in [0.1, 0.15) is 16.1 Å². The van der Waals surface area contributed by atoms with Gasteiger partial charge in [0.1, 0.15) is 5.69 Å². The lowest BCUT2D eigenvalue weighted by Gasteiger charge is -2.17. The summed E-state index contributed by atoms with van der Waals surface area (Å²) in [4.78, 5) is 27.2. The number of fused-ring (bicyclic) bond motifs is 1. The fourth-order valence-electron chi connectivity index (χ4n) is 3.05. The molecule has 29 heavy (non-hydrogen) atoms. The molecule has 9 heteroatoms. The van der Waals surface area contributed by atoms with Crippen LogP contribution in [0.2, 0.25) is 5.02 Å². The van der Waals surface area contributed by atoms with Gasteiger partial charge >= 0.3 is 5.91 Å². The van der Waals surface area contributed by atoms with E-state index < -0.39 is 4.92 Å². The molecule has 6 nitrogen and oxygen atoms in total. The van der Waals surface area contributed by atoms with E-state index in [0.717, 1.165) is 18.7 Å². The van der Waals surface area contributed by atoms with Gasteiger partial charge in [0.2, 0.25) is 0 Å². The van der Waals surface area contributed by atoms with Gasteiger partial charge < -0.3 is 17.3 Å². The molecule has 3 aromatic rings. The molecule has 3 rings (SSSR count). The van der Waals surface area contributed by atoms with Crippen molar-refractivity contribution in [3.8, 4) is 0 Å². The van der Waals surface area contributed by atoms with Crippen molar-refractivity contribution >= 4 is 50.3 Å². The highest BCUT2D eigenvalue weighted by atomic mass is 35.5. The van der Waals surface area contributed by atoms with Gasteiger partial charge in [-0.2, -0.15) is 0 Å². The third kappa shape index (κ3) is 5.32. The molecule has 1 heterocycles. The normalized spacial score (nSPS) is 12.0. The van der Waals surface area contributed by atoms with Gasteiger partial charge in [-0.25, -0.2) is 9.69 Å². The molecule has 0 aliphatic carbocycles. The highest BCUT2D eigenvalue weighted by Gasteiger charge is 2.29. The molecule has 0 spiro atoms. The Morgan fingerprint density at radius 2 is 1.90 bits per heavy atom. The maximum Gasteiger partial charge on any atom is 0.360 e. The van der Waals surface area contributed by atoms with Crippen molar-refractivity contribution in [2.45, 2.75) is 6.42 Å². The molecule has 1 atom stereocenters. The van der Waals surface area contributed by atoms with Crippen LogP contribution in [-0.4, -0.2) is 42.9 Å². The number of para-hydroxylation sites is 1. The molecular weight excluding hydrogens is 433 g/mol. The van der Waals surface area contributed by atoms with Gasteiger partial charge in [0, 0.05) is 35.2 Å². The van der Waals surface area contributed by atoms with Gasteiger partial charge in [0.25, 0.3) is 5.69 Å². The number of non-ortho nitro benzene ring substituents is 1. The number of nitrogens with zero attached hydrogens (tertiary/aromatic N) is 2. The van der Waals surface area contributed by atoms with Crippen molar-refractivity contribution in [2.24, 2.45) is 0 Å². The number of benzene rings is 2. The summed E-state index contributed by atoms with van der Waals surface area (Å²) in [7, 11) is 4.00. The number of nitro groups is 1. The summed E-state index contributed by atoms with van der Waals surface area (Å²) in [6.07, 6.45) is 0.844. The quantitative estimate of drug-likeness (QED) is 0.423. The van der Waals surface area contributed by atoms with Crippen LogP contribution < -0.4 is 17.3 Å². The number of carbonyl (C=O) groups excluding carboxylic acids is 1. The lowest BCUT2D eigenvalue weighted by atomic mass is 10.2. The Morgan fingerprint density at radius 1 is 1.21 bits per heavy atom. The summed E-state index contributed by atoms with van der Waals surface area (Å²) < 4.78 is 0.642. The van der Waals surface area contributed by atoms with E-state index >= 15 is 0 Å². The summed E-state index contributed by atoms with van der Waals surface area (Å²) in [6, 6.07) is 14.1. The molecule has 2 aromatic carbocycles. The van der Waals surface area contributed by atoms with Crippen molar-refractivity contribution in [2.75, 3.05) is 27.2 Å². The zero-order valence-electron chi connectivity index (χ0n) is 16.0. The number of amides is 1. The van der Waals surface area contributed by atoms with Crippen LogP contribution in [0.25, 0.3) is 10.1 Å². The van der Waals surface area contributed by atoms with E-state index in [1.54, 1.807) is 6.07 Å². The molecule has 0 aliphatic rings. The van der Waals surface area contributed by atoms with E-state index in [0.29, 0.717) is 31.4 Å². The first-order valence-electron chi connectivity index (χ1n) is 8.85. The number of thiophene rings is 1. The molecule has 1 unspecified atom stereocenters. The third-order valence-electron chi connectivity index (χ3n) is 4.46. The minimum atomic E-state index is -0.447. The minimum absolute atomic E-state index is 0. The SMILES string of the molecule is CN(C)CCC[NH+](C(=O)c1sc2cc([N+](=O)[O-])ccc2c1Cl)c1ccccc1.[Cl-]. The number of halogens is 2. The molecule has 0 aliphatic heterocycles. The Bertz CT molecular complexity index is 1010. The Labute approximate surface area is 184 Å². The number of rotatable bonds is 7. The molecule has 0 bridgehead atoms. The summed E-state index contributed by atoms with van der Waals surface area (Å²) in [6.45, 7) is 1.50. The Morgan fingerprint density at radius 3 is 2.52 bits per heavy atom. The molecule has 1 aromatic heterocycles. The van der Waals surface area contributed by atoms with Gasteiger partial charge in [0.05, 0.1) is 16.5 Å². The maximum atomic E-state index is 13.4. The van der Waals surface area contributed by atoms with Crippen LogP contribution in [0.5, 0.6) is 0 Å². The first-order chi connectivity index (χ1) is 13.4. The van der Waals surface area contributed by atoms with Crippen LogP contribution in [0, 0.1) is 10.1 Å². The number of hydrogen-bond donors (Lipinski definition) is 1. The van der Waals surface area contributed by atoms with E-state index in [-0.39, 0.29) is 24.0 Å². The van der Waals surface area contributed by atoms with Gasteiger partial charge in [-0.1, -0.05) is 29.8 Å². The lowest BCUT2D eigenvalue weighted by Crippen LogP contribution is -3.10. The molecule has 0 saturated carbocycles. The zero-order valence-corrected chi connectivity index (χ0v) is 18.4. The standard InChI is InChI=1S/C20H20ClN3O3S.ClH/c1-22(2)11-6-12-23(14-7-4-3-5-8-14)20(25)19-18(21)16-10-9-15(24(26)27)13-17(16)28-19;/h3-5,7-10,13H,6,11-12H2,1-2H3;1H. The molecule has 154 valence electrons. The number of hydrogen-bond acceptors (Lipinski definition) is 5. The second-order valence-electron chi connectivity index (χ2n) is 6.76. The second-order valence-corrected chi connectivity index (χ2v) is 8.19. The van der Waals surface area contributed by atoms with E-state index in [9.17, 15) is 14.9 Å². The molecule has 0 radical (unpaired) electrons. The summed E-state index contributed by atoms with van der Waals surface area (Å²) in [5.74, 6) is -0.112. The number of nitrogens with one attached hydrogen (secondary N) is 1. The Hall–Kier alpha value is -2.03. The number of carbonyl (C=O) groups is 1. The molecule has 0 fully saturated rings. The smallest absolute Gasteiger partial charge is 0.360 e. The highest BCUT2D eigenvalue weighted by molar-refractivity contribution is 7.21. The Kier molecular flexibility index (Phi) is 8.13. The van der Waals surface area contributed by atoms with Crippen LogP contribution in [0.15, 0.2) is 48.5 Å². The predicted octanol–water partition coefficient (Wildman–Crippen LogP) is 0.775. The molecule has 0 saturated heterocycles. The van der Waals surface area contributed by atoms with Crippen molar-refractivity contribution in [1.29, 1.82) is 0 Å². The molecule has 1 amide bonds. The fraction of sp³-hybridized carbons (Fsp3) is 0.250. The van der Waals surface area contributed by atoms with Crippen molar-refractivity contribution in [1.82, 2.24) is 4.90 Å². The Balaban J connectivity index is 0.00000300. The van der Waals surface area contributed by atoms with E-state index in [4.69, 9.17) is 11.6 Å². The summed E-state index contributed by atoms with van der Waals surface area (Å²) in [5.41, 5.74) is 0.869. The fourth-order valence-corrected chi connectivity index (χ4v) is 4.57. The zero-order chi connectivity index (χ0) is 20.3. The molecular formula is C20H21Cl2N3O3S. The second kappa shape index (κ2) is 10.1. The average molecular weight is 454 g/mol. The van der Waals surface area contributed by atoms with Crippen LogP contribution >= 0.6 is 22.9 Å². The maximum absolute atomic E-state index is 13.4. The van der Waals surface area contributed by atoms with E-state index in [1.165, 1.54) is 23.5 Å². The van der Waals surface area contributed by atoms with Crippen LogP contribution in [-0.2, 0) is 0 Å². The number of nitro benzene ring substituents is 1. The van der Waals surface area contributed by atoms with Crippen molar-refractivity contribution < 1.29 is 27.0 Å².